The number of esters is 4. The molecule has 102 heavy (non-hydrogen) atoms. The quantitative estimate of drug-likeness (QED) is 0.0169. The SMILES string of the molecule is CC/C=C\C/C=C\C/C=C\C/C=C\C/C=C\CCCC(=O)OCC(COP(=O)(O)OCC(O)COP(=O)(O)OCC(COC(=O)CCCCCCC/C=C\CCCCCCCC)OC(=O)CCCCCCCCCCCCCCCCC)OC(=O)CCCCCCC/C=C\CCCCCCCC. The van der Waals surface area contributed by atoms with Crippen molar-refractivity contribution < 1.29 is 80.2 Å². The van der Waals surface area contributed by atoms with Crippen molar-refractivity contribution in [2.45, 2.75) is 380 Å². The Bertz CT molecular complexity index is 2260. The van der Waals surface area contributed by atoms with E-state index in [4.69, 9.17) is 37.0 Å². The molecule has 19 heteroatoms. The molecule has 0 rings (SSSR count). The average Bonchev–Trinajstić information content (AvgIpc) is 0.923. The lowest BCUT2D eigenvalue weighted by atomic mass is 10.0. The van der Waals surface area contributed by atoms with Crippen LogP contribution in [0.1, 0.15) is 362 Å². The Morgan fingerprint density at radius 3 is 0.833 bits per heavy atom. The Kier molecular flexibility index (Phi) is 72.7. The number of unbranched alkanes of at least 4 members (excludes halogenated alkanes) is 37. The summed E-state index contributed by atoms with van der Waals surface area (Å²) in [6.45, 7) is 4.73. The van der Waals surface area contributed by atoms with Crippen LogP contribution in [-0.2, 0) is 65.4 Å². The minimum atomic E-state index is -4.99. The van der Waals surface area contributed by atoms with Crippen molar-refractivity contribution >= 4 is 39.5 Å². The number of hydrogen-bond acceptors (Lipinski definition) is 15. The number of carbonyl (C=O) groups is 4. The highest BCUT2D eigenvalue weighted by Gasteiger charge is 2.30. The van der Waals surface area contributed by atoms with Crippen LogP contribution in [0.5, 0.6) is 0 Å². The van der Waals surface area contributed by atoms with E-state index in [1.54, 1.807) is 0 Å². The number of allylic oxidation sites excluding steroid dienone is 14. The van der Waals surface area contributed by atoms with Crippen molar-refractivity contribution in [2.24, 2.45) is 0 Å². The Balaban J connectivity index is 5.39. The molecule has 0 heterocycles. The summed E-state index contributed by atoms with van der Waals surface area (Å²) in [4.78, 5) is 73.0. The first kappa shape index (κ1) is 98.2. The van der Waals surface area contributed by atoms with Gasteiger partial charge in [0.15, 0.2) is 12.2 Å². The molecule has 0 aromatic heterocycles. The van der Waals surface area contributed by atoms with Crippen molar-refractivity contribution in [3.8, 4) is 0 Å². The van der Waals surface area contributed by atoms with E-state index in [0.717, 1.165) is 135 Å². The van der Waals surface area contributed by atoms with Crippen LogP contribution in [0.4, 0.5) is 0 Å². The molecule has 5 unspecified atom stereocenters. The molecule has 592 valence electrons. The number of phosphoric acid groups is 2. The third kappa shape index (κ3) is 74.5. The maximum atomic E-state index is 13.1. The lowest BCUT2D eigenvalue weighted by molar-refractivity contribution is -0.161. The molecular weight excluding hydrogens is 1330 g/mol. The molecule has 0 amide bonds. The summed E-state index contributed by atoms with van der Waals surface area (Å²) in [6.07, 6.45) is 78.5. The van der Waals surface area contributed by atoms with Crippen LogP contribution in [0.25, 0.3) is 0 Å². The number of aliphatic hydroxyl groups excluding tert-OH is 1. The van der Waals surface area contributed by atoms with Gasteiger partial charge >= 0.3 is 39.5 Å². The third-order valence-electron chi connectivity index (χ3n) is 17.3. The van der Waals surface area contributed by atoms with Gasteiger partial charge in [-0.25, -0.2) is 9.13 Å². The maximum Gasteiger partial charge on any atom is 0.472 e. The summed E-state index contributed by atoms with van der Waals surface area (Å²) < 4.78 is 68.6. The Morgan fingerprint density at radius 2 is 0.520 bits per heavy atom. The second-order valence-electron chi connectivity index (χ2n) is 27.3. The molecule has 17 nitrogen and oxygen atoms in total. The van der Waals surface area contributed by atoms with Gasteiger partial charge in [-0.3, -0.25) is 37.3 Å². The van der Waals surface area contributed by atoms with Crippen molar-refractivity contribution in [1.29, 1.82) is 0 Å². The van der Waals surface area contributed by atoms with Crippen molar-refractivity contribution in [1.82, 2.24) is 0 Å². The van der Waals surface area contributed by atoms with E-state index < -0.39 is 97.5 Å². The average molecular weight is 1480 g/mol. The first-order chi connectivity index (χ1) is 49.7. The van der Waals surface area contributed by atoms with Gasteiger partial charge in [0.05, 0.1) is 26.4 Å². The van der Waals surface area contributed by atoms with E-state index in [2.05, 4.69) is 101 Å². The predicted octanol–water partition coefficient (Wildman–Crippen LogP) is 23.8. The van der Waals surface area contributed by atoms with Crippen LogP contribution < -0.4 is 0 Å². The summed E-state index contributed by atoms with van der Waals surface area (Å²) in [5, 5.41) is 10.6. The number of rotatable bonds is 77. The van der Waals surface area contributed by atoms with E-state index in [9.17, 15) is 43.2 Å². The summed E-state index contributed by atoms with van der Waals surface area (Å²) in [6, 6.07) is 0. The maximum absolute atomic E-state index is 13.1. The van der Waals surface area contributed by atoms with Crippen LogP contribution in [0, 0.1) is 0 Å². The zero-order valence-electron chi connectivity index (χ0n) is 64.8. The third-order valence-corrected chi connectivity index (χ3v) is 19.2. The fourth-order valence-corrected chi connectivity index (χ4v) is 12.7. The van der Waals surface area contributed by atoms with Crippen molar-refractivity contribution in [3.63, 3.8) is 0 Å². The number of ether oxygens (including phenoxy) is 4. The summed E-state index contributed by atoms with van der Waals surface area (Å²) in [5.41, 5.74) is 0. The van der Waals surface area contributed by atoms with Crippen LogP contribution in [0.15, 0.2) is 85.1 Å². The van der Waals surface area contributed by atoms with Gasteiger partial charge < -0.3 is 33.8 Å². The first-order valence-electron chi connectivity index (χ1n) is 40.8. The van der Waals surface area contributed by atoms with E-state index in [-0.39, 0.29) is 25.7 Å². The van der Waals surface area contributed by atoms with Crippen molar-refractivity contribution in [3.05, 3.63) is 85.1 Å². The number of aliphatic hydroxyl groups is 1. The van der Waals surface area contributed by atoms with Gasteiger partial charge in [0.1, 0.15) is 19.3 Å². The smallest absolute Gasteiger partial charge is 0.462 e. The Hall–Kier alpha value is -3.76. The van der Waals surface area contributed by atoms with Gasteiger partial charge in [0, 0.05) is 25.7 Å². The molecule has 0 saturated carbocycles. The Labute approximate surface area is 621 Å². The number of carbonyl (C=O) groups excluding carboxylic acids is 4. The summed E-state index contributed by atoms with van der Waals surface area (Å²) in [7, 11) is -9.97. The minimum absolute atomic E-state index is 0.0743. The van der Waals surface area contributed by atoms with Gasteiger partial charge in [-0.15, -0.1) is 0 Å². The zero-order chi connectivity index (χ0) is 74.6. The summed E-state index contributed by atoms with van der Waals surface area (Å²) >= 11 is 0. The molecule has 0 aromatic carbocycles. The predicted molar refractivity (Wildman–Crippen MR) is 418 cm³/mol. The second-order valence-corrected chi connectivity index (χ2v) is 30.2. The van der Waals surface area contributed by atoms with Crippen LogP contribution >= 0.6 is 15.6 Å². The van der Waals surface area contributed by atoms with Crippen LogP contribution in [-0.4, -0.2) is 96.7 Å². The molecule has 0 aliphatic carbocycles. The van der Waals surface area contributed by atoms with E-state index in [1.165, 1.54) is 141 Å². The molecule has 0 bridgehead atoms. The molecule has 0 aliphatic heterocycles. The molecule has 0 aromatic rings. The molecule has 0 aliphatic rings. The fourth-order valence-electron chi connectivity index (χ4n) is 11.1. The van der Waals surface area contributed by atoms with Gasteiger partial charge in [0.25, 0.3) is 0 Å². The fraction of sp³-hybridized carbons (Fsp3) is 0.783. The molecule has 5 atom stereocenters. The molecule has 0 radical (unpaired) electrons. The number of phosphoric ester groups is 2. The summed E-state index contributed by atoms with van der Waals surface area (Å²) in [5.74, 6) is -2.23. The second kappa shape index (κ2) is 75.5. The monoisotopic (exact) mass is 1480 g/mol. The Morgan fingerprint density at radius 1 is 0.284 bits per heavy atom. The molecule has 0 fully saturated rings. The van der Waals surface area contributed by atoms with Crippen LogP contribution in [0.2, 0.25) is 0 Å². The molecule has 0 spiro atoms. The lowest BCUT2D eigenvalue weighted by Crippen LogP contribution is -2.30. The zero-order valence-corrected chi connectivity index (χ0v) is 66.6. The molecule has 0 saturated heterocycles. The van der Waals surface area contributed by atoms with Crippen molar-refractivity contribution in [2.75, 3.05) is 39.6 Å². The van der Waals surface area contributed by atoms with Gasteiger partial charge in [-0.1, -0.05) is 305 Å². The first-order valence-corrected chi connectivity index (χ1v) is 43.8. The highest BCUT2D eigenvalue weighted by molar-refractivity contribution is 7.47. The minimum Gasteiger partial charge on any atom is -0.462 e. The molecule has 3 N–H and O–H groups in total. The number of hydrogen-bond donors (Lipinski definition) is 3. The van der Waals surface area contributed by atoms with Gasteiger partial charge in [-0.2, -0.15) is 0 Å². The lowest BCUT2D eigenvalue weighted by Gasteiger charge is -2.21. The van der Waals surface area contributed by atoms with Gasteiger partial charge in [-0.05, 0) is 116 Å². The standard InChI is InChI=1S/C83H148O17P2/c1-5-9-13-17-21-25-29-33-37-38-42-44-48-52-56-60-64-68-81(86)94-74-79(100-83(88)70-66-62-58-54-50-46-41-36-32-28-24-20-16-12-8-4)76-98-102(91,92)96-72-77(84)71-95-101(89,90)97-75-78(99-82(87)69-65-61-57-53-49-45-40-35-31-27-23-19-15-11-7-3)73-93-80(85)67-63-59-55-51-47-43-39-34-30-26-22-18-14-10-6-2/h9,13,21,25,33-34,36-37,39,41-42,44,52,56,77-79,84H,5-8,10-12,14-20,22-24,26-32,35,38,40,43,45-51,53-55,57-76H2,1-4H3,(H,89,90)(H,91,92)/b13-9-,25-21-,37-33-,39-34-,41-36-,44-42-,56-52-. The van der Waals surface area contributed by atoms with E-state index in [0.29, 0.717) is 32.1 Å². The topological polar surface area (TPSA) is 237 Å². The van der Waals surface area contributed by atoms with Crippen LogP contribution in [0.3, 0.4) is 0 Å². The van der Waals surface area contributed by atoms with Gasteiger partial charge in [0.2, 0.25) is 0 Å². The molecular formula is C83H148O17P2. The van der Waals surface area contributed by atoms with E-state index >= 15 is 0 Å². The highest BCUT2D eigenvalue weighted by Crippen LogP contribution is 2.45. The van der Waals surface area contributed by atoms with E-state index in [1.807, 2.05) is 12.2 Å². The highest BCUT2D eigenvalue weighted by atomic mass is 31.2. The largest absolute Gasteiger partial charge is 0.472 e. The normalized spacial score (nSPS) is 14.3.